The number of rotatable bonds is 6. The summed E-state index contributed by atoms with van der Waals surface area (Å²) in [5.41, 5.74) is 5.75. The highest BCUT2D eigenvalue weighted by Crippen LogP contribution is 2.16. The highest BCUT2D eigenvalue weighted by molar-refractivity contribution is 5.92. The lowest BCUT2D eigenvalue weighted by Gasteiger charge is -2.17. The van der Waals surface area contributed by atoms with Crippen LogP contribution in [0.3, 0.4) is 0 Å². The largest absolute Gasteiger partial charge is 0.325 e. The monoisotopic (exact) mass is 310 g/mol. The van der Waals surface area contributed by atoms with Gasteiger partial charge in [-0.1, -0.05) is 48.9 Å². The fourth-order valence-electron chi connectivity index (χ4n) is 2.64. The van der Waals surface area contributed by atoms with Crippen LogP contribution in [0.2, 0.25) is 0 Å². The number of carbonyl (C=O) groups excluding carboxylic acids is 1. The van der Waals surface area contributed by atoms with Gasteiger partial charge in [-0.2, -0.15) is 0 Å². The van der Waals surface area contributed by atoms with E-state index < -0.39 is 0 Å². The first-order valence-electron chi connectivity index (χ1n) is 8.11. The molecule has 1 amide bonds. The first kappa shape index (κ1) is 17.2. The molecule has 0 atom stereocenters. The Labute approximate surface area is 139 Å². The van der Waals surface area contributed by atoms with Crippen LogP contribution in [0.5, 0.6) is 0 Å². The molecule has 2 aromatic carbocycles. The standard InChI is InChI=1S/C20H26N2O/c1-5-17-7-9-18(10-8-17)13-22(4)14-20(23)21-19-11-6-15(2)12-16(19)3/h6-12H,5,13-14H2,1-4H3,(H,21,23). The molecule has 0 aliphatic heterocycles. The number of nitrogens with zero attached hydrogens (tertiary/aromatic N) is 1. The van der Waals surface area contributed by atoms with E-state index in [1.165, 1.54) is 16.7 Å². The van der Waals surface area contributed by atoms with Gasteiger partial charge >= 0.3 is 0 Å². The number of hydrogen-bond acceptors (Lipinski definition) is 2. The summed E-state index contributed by atoms with van der Waals surface area (Å²) in [5.74, 6) is 0.0182. The van der Waals surface area contributed by atoms with Crippen LogP contribution in [-0.4, -0.2) is 24.4 Å². The van der Waals surface area contributed by atoms with Crippen molar-refractivity contribution in [2.45, 2.75) is 33.7 Å². The average Bonchev–Trinajstić information content (AvgIpc) is 2.50. The van der Waals surface area contributed by atoms with Crippen molar-refractivity contribution in [3.8, 4) is 0 Å². The second-order valence-electron chi connectivity index (χ2n) is 6.21. The van der Waals surface area contributed by atoms with Gasteiger partial charge in [0.2, 0.25) is 5.91 Å². The van der Waals surface area contributed by atoms with Crippen molar-refractivity contribution in [1.29, 1.82) is 0 Å². The van der Waals surface area contributed by atoms with Gasteiger partial charge in [0.15, 0.2) is 0 Å². The maximum atomic E-state index is 12.2. The van der Waals surface area contributed by atoms with Gasteiger partial charge in [-0.3, -0.25) is 9.69 Å². The summed E-state index contributed by atoms with van der Waals surface area (Å²) < 4.78 is 0. The third-order valence-electron chi connectivity index (χ3n) is 3.95. The summed E-state index contributed by atoms with van der Waals surface area (Å²) in [6.45, 7) is 7.36. The molecule has 0 heterocycles. The number of nitrogens with one attached hydrogen (secondary N) is 1. The lowest BCUT2D eigenvalue weighted by Crippen LogP contribution is -2.30. The highest BCUT2D eigenvalue weighted by atomic mass is 16.2. The molecule has 3 heteroatoms. The smallest absolute Gasteiger partial charge is 0.238 e. The van der Waals surface area contributed by atoms with Crippen LogP contribution in [0.4, 0.5) is 5.69 Å². The van der Waals surface area contributed by atoms with Crippen molar-refractivity contribution in [3.05, 3.63) is 64.7 Å². The second-order valence-corrected chi connectivity index (χ2v) is 6.21. The molecule has 0 saturated carbocycles. The number of amides is 1. The zero-order valence-electron chi connectivity index (χ0n) is 14.5. The molecule has 122 valence electrons. The van der Waals surface area contributed by atoms with Crippen LogP contribution in [0, 0.1) is 13.8 Å². The second kappa shape index (κ2) is 7.93. The number of anilines is 1. The molecule has 2 aromatic rings. The molecule has 2 rings (SSSR count). The van der Waals surface area contributed by atoms with Crippen LogP contribution in [0.15, 0.2) is 42.5 Å². The summed E-state index contributed by atoms with van der Waals surface area (Å²) >= 11 is 0. The molecule has 0 bridgehead atoms. The van der Waals surface area contributed by atoms with Gasteiger partial charge < -0.3 is 5.32 Å². The van der Waals surface area contributed by atoms with Gasteiger partial charge in [0, 0.05) is 12.2 Å². The predicted molar refractivity (Wildman–Crippen MR) is 96.7 cm³/mol. The Morgan fingerprint density at radius 3 is 2.30 bits per heavy atom. The Balaban J connectivity index is 1.88. The molecule has 0 unspecified atom stereocenters. The Morgan fingerprint density at radius 1 is 1.04 bits per heavy atom. The molecule has 0 spiro atoms. The number of hydrogen-bond donors (Lipinski definition) is 1. The Morgan fingerprint density at radius 2 is 1.70 bits per heavy atom. The molecule has 0 aliphatic rings. The van der Waals surface area contributed by atoms with E-state index in [2.05, 4.69) is 49.5 Å². The summed E-state index contributed by atoms with van der Waals surface area (Å²) in [6.07, 6.45) is 1.05. The molecule has 23 heavy (non-hydrogen) atoms. The quantitative estimate of drug-likeness (QED) is 0.876. The minimum absolute atomic E-state index is 0.0182. The van der Waals surface area contributed by atoms with E-state index in [4.69, 9.17) is 0 Å². The number of aryl methyl sites for hydroxylation is 3. The summed E-state index contributed by atoms with van der Waals surface area (Å²) in [4.78, 5) is 14.2. The zero-order chi connectivity index (χ0) is 16.8. The van der Waals surface area contributed by atoms with E-state index in [0.717, 1.165) is 24.2 Å². The lowest BCUT2D eigenvalue weighted by molar-refractivity contribution is -0.117. The van der Waals surface area contributed by atoms with Crippen molar-refractivity contribution in [3.63, 3.8) is 0 Å². The molecule has 0 aliphatic carbocycles. The maximum absolute atomic E-state index is 12.2. The Bertz CT molecular complexity index is 662. The number of benzene rings is 2. The van der Waals surface area contributed by atoms with Gasteiger partial charge in [-0.15, -0.1) is 0 Å². The minimum Gasteiger partial charge on any atom is -0.325 e. The first-order chi connectivity index (χ1) is 11.0. The van der Waals surface area contributed by atoms with Crippen LogP contribution >= 0.6 is 0 Å². The predicted octanol–water partition coefficient (Wildman–Crippen LogP) is 3.94. The summed E-state index contributed by atoms with van der Waals surface area (Å²) in [5, 5.41) is 2.99. The van der Waals surface area contributed by atoms with Crippen LogP contribution < -0.4 is 5.32 Å². The molecule has 0 radical (unpaired) electrons. The third-order valence-corrected chi connectivity index (χ3v) is 3.95. The van der Waals surface area contributed by atoms with E-state index >= 15 is 0 Å². The highest BCUT2D eigenvalue weighted by Gasteiger charge is 2.09. The van der Waals surface area contributed by atoms with Crippen molar-refractivity contribution >= 4 is 11.6 Å². The van der Waals surface area contributed by atoms with Crippen LogP contribution in [-0.2, 0) is 17.8 Å². The van der Waals surface area contributed by atoms with Crippen molar-refractivity contribution < 1.29 is 4.79 Å². The van der Waals surface area contributed by atoms with Crippen molar-refractivity contribution in [2.24, 2.45) is 0 Å². The van der Waals surface area contributed by atoms with Gasteiger partial charge in [-0.05, 0) is 50.1 Å². The van der Waals surface area contributed by atoms with Gasteiger partial charge in [0.05, 0.1) is 6.54 Å². The lowest BCUT2D eigenvalue weighted by atomic mass is 10.1. The SMILES string of the molecule is CCc1ccc(CN(C)CC(=O)Nc2ccc(C)cc2C)cc1. The van der Waals surface area contributed by atoms with Crippen molar-refractivity contribution in [2.75, 3.05) is 18.9 Å². The first-order valence-corrected chi connectivity index (χ1v) is 8.11. The van der Waals surface area contributed by atoms with E-state index in [9.17, 15) is 4.79 Å². The van der Waals surface area contributed by atoms with E-state index in [1.54, 1.807) is 0 Å². The molecule has 0 fully saturated rings. The Hall–Kier alpha value is -2.13. The molecule has 0 saturated heterocycles. The Kier molecular flexibility index (Phi) is 5.94. The molecule has 3 nitrogen and oxygen atoms in total. The van der Waals surface area contributed by atoms with Gasteiger partial charge in [-0.25, -0.2) is 0 Å². The molecule has 1 N–H and O–H groups in total. The topological polar surface area (TPSA) is 32.3 Å². The van der Waals surface area contributed by atoms with Gasteiger partial charge in [0.1, 0.15) is 0 Å². The summed E-state index contributed by atoms with van der Waals surface area (Å²) in [7, 11) is 1.97. The fourth-order valence-corrected chi connectivity index (χ4v) is 2.64. The van der Waals surface area contributed by atoms with Gasteiger partial charge in [0.25, 0.3) is 0 Å². The number of likely N-dealkylation sites (N-methyl/N-ethyl adjacent to an activating group) is 1. The van der Waals surface area contributed by atoms with Crippen molar-refractivity contribution in [1.82, 2.24) is 4.90 Å². The van der Waals surface area contributed by atoms with Crippen LogP contribution in [0.1, 0.15) is 29.2 Å². The average molecular weight is 310 g/mol. The third kappa shape index (κ3) is 5.22. The van der Waals surface area contributed by atoms with E-state index in [0.29, 0.717) is 6.54 Å². The molecular weight excluding hydrogens is 284 g/mol. The molecule has 0 aromatic heterocycles. The summed E-state index contributed by atoms with van der Waals surface area (Å²) in [6, 6.07) is 14.6. The number of carbonyl (C=O) groups is 1. The maximum Gasteiger partial charge on any atom is 0.238 e. The minimum atomic E-state index is 0.0182. The van der Waals surface area contributed by atoms with Crippen LogP contribution in [0.25, 0.3) is 0 Å². The normalized spacial score (nSPS) is 10.8. The van der Waals surface area contributed by atoms with E-state index in [1.807, 2.05) is 31.0 Å². The fraction of sp³-hybridized carbons (Fsp3) is 0.350. The van der Waals surface area contributed by atoms with E-state index in [-0.39, 0.29) is 5.91 Å². The zero-order valence-corrected chi connectivity index (χ0v) is 14.5. The molecular formula is C20H26N2O.